The van der Waals surface area contributed by atoms with E-state index in [9.17, 15) is 4.79 Å². The summed E-state index contributed by atoms with van der Waals surface area (Å²) in [5, 5.41) is -0.0830. The van der Waals surface area contributed by atoms with Crippen LogP contribution >= 0.6 is 11.6 Å². The number of fused-ring (bicyclic) bond motifs is 2. The molecule has 2 fully saturated rings. The lowest BCUT2D eigenvalue weighted by Gasteiger charge is -2.38. The molecule has 0 aromatic rings. The van der Waals surface area contributed by atoms with E-state index < -0.39 is 0 Å². The Labute approximate surface area is 78.5 Å². The van der Waals surface area contributed by atoms with Crippen molar-refractivity contribution in [3.63, 3.8) is 0 Å². The Morgan fingerprint density at radius 1 is 1.17 bits per heavy atom. The second-order valence-corrected chi connectivity index (χ2v) is 4.65. The molecule has 2 bridgehead atoms. The maximum Gasteiger partial charge on any atom is 0.224 e. The Kier molecular flexibility index (Phi) is 2.40. The Balaban J connectivity index is 2.04. The highest BCUT2D eigenvalue weighted by Gasteiger charge is 2.36. The van der Waals surface area contributed by atoms with Crippen molar-refractivity contribution in [2.24, 2.45) is 17.8 Å². The molecule has 1 nitrogen and oxygen atoms in total. The molecule has 0 unspecified atom stereocenters. The molecule has 3 atom stereocenters. The molecule has 2 saturated carbocycles. The predicted molar refractivity (Wildman–Crippen MR) is 49.0 cm³/mol. The Bertz CT molecular complexity index is 190. The fourth-order valence-corrected chi connectivity index (χ4v) is 3.20. The smallest absolute Gasteiger partial charge is 0.224 e. The minimum Gasteiger partial charge on any atom is -0.281 e. The van der Waals surface area contributed by atoms with E-state index in [2.05, 4.69) is 0 Å². The predicted octanol–water partition coefficient (Wildman–Crippen LogP) is 2.97. The van der Waals surface area contributed by atoms with Crippen molar-refractivity contribution in [1.29, 1.82) is 0 Å². The molecule has 0 spiro atoms. The molecule has 0 aromatic heterocycles. The van der Waals surface area contributed by atoms with E-state index in [1.54, 1.807) is 0 Å². The third kappa shape index (κ3) is 1.52. The molecule has 2 aliphatic rings. The third-order valence-corrected chi connectivity index (χ3v) is 3.85. The van der Waals surface area contributed by atoms with E-state index in [1.807, 2.05) is 0 Å². The van der Waals surface area contributed by atoms with Crippen LogP contribution in [0.3, 0.4) is 0 Å². The molecule has 0 N–H and O–H groups in total. The first kappa shape index (κ1) is 8.55. The second-order valence-electron chi connectivity index (χ2n) is 4.28. The number of carbonyl (C=O) groups is 1. The lowest BCUT2D eigenvalue weighted by atomic mass is 9.67. The van der Waals surface area contributed by atoms with Crippen LogP contribution in [-0.2, 0) is 4.79 Å². The monoisotopic (exact) mass is 186 g/mol. The molecule has 0 radical (unpaired) electrons. The van der Waals surface area contributed by atoms with Crippen LogP contribution in [-0.4, -0.2) is 5.24 Å². The van der Waals surface area contributed by atoms with Gasteiger partial charge >= 0.3 is 0 Å². The molecule has 0 aromatic carbocycles. The van der Waals surface area contributed by atoms with E-state index >= 15 is 0 Å². The van der Waals surface area contributed by atoms with E-state index in [4.69, 9.17) is 11.6 Å². The molecule has 2 aliphatic carbocycles. The standard InChI is InChI=1S/C10H15ClO/c11-10(12)9-5-4-7-2-1-3-8(9)6-7/h7-9H,1-6H2/t7-,8-,9+/m0/s1. The summed E-state index contributed by atoms with van der Waals surface area (Å²) < 4.78 is 0. The Morgan fingerprint density at radius 3 is 2.75 bits per heavy atom. The van der Waals surface area contributed by atoms with Gasteiger partial charge in [-0.1, -0.05) is 12.8 Å². The quantitative estimate of drug-likeness (QED) is 0.576. The Morgan fingerprint density at radius 2 is 2.00 bits per heavy atom. The van der Waals surface area contributed by atoms with Gasteiger partial charge in [-0.05, 0) is 49.1 Å². The zero-order valence-corrected chi connectivity index (χ0v) is 8.02. The average Bonchev–Trinajstić information content (AvgIpc) is 2.04. The number of rotatable bonds is 1. The maximum atomic E-state index is 11.1. The third-order valence-electron chi connectivity index (χ3n) is 3.57. The van der Waals surface area contributed by atoms with Crippen LogP contribution in [0.25, 0.3) is 0 Å². The summed E-state index contributed by atoms with van der Waals surface area (Å²) in [5.41, 5.74) is 0. The molecule has 2 rings (SSSR count). The summed E-state index contributed by atoms with van der Waals surface area (Å²) in [6.45, 7) is 0. The lowest BCUT2D eigenvalue weighted by Crippen LogP contribution is -2.31. The number of hydrogen-bond donors (Lipinski definition) is 0. The first-order valence-electron chi connectivity index (χ1n) is 4.96. The summed E-state index contributed by atoms with van der Waals surface area (Å²) in [5.74, 6) is 1.74. The summed E-state index contributed by atoms with van der Waals surface area (Å²) in [6, 6.07) is 0. The number of hydrogen-bond acceptors (Lipinski definition) is 1. The zero-order chi connectivity index (χ0) is 8.55. The molecule has 12 heavy (non-hydrogen) atoms. The molecular weight excluding hydrogens is 172 g/mol. The SMILES string of the molecule is O=C(Cl)[C@@H]1CC[C@@H]2CCC[C@H]1C2. The number of carbonyl (C=O) groups excluding carboxylic acids is 1. The molecule has 68 valence electrons. The topological polar surface area (TPSA) is 17.1 Å². The van der Waals surface area contributed by atoms with Crippen molar-refractivity contribution < 1.29 is 4.79 Å². The molecule has 0 amide bonds. The van der Waals surface area contributed by atoms with Gasteiger partial charge in [-0.2, -0.15) is 0 Å². The number of halogens is 1. The highest BCUT2D eigenvalue weighted by molar-refractivity contribution is 6.64. The van der Waals surface area contributed by atoms with Crippen LogP contribution in [0.1, 0.15) is 38.5 Å². The lowest BCUT2D eigenvalue weighted by molar-refractivity contribution is -0.118. The van der Waals surface area contributed by atoms with Gasteiger partial charge in [-0.25, -0.2) is 0 Å². The minimum absolute atomic E-state index is 0.0830. The van der Waals surface area contributed by atoms with Crippen LogP contribution in [0.15, 0.2) is 0 Å². The van der Waals surface area contributed by atoms with Gasteiger partial charge in [-0.15, -0.1) is 0 Å². The maximum absolute atomic E-state index is 11.1. The van der Waals surface area contributed by atoms with Crippen molar-refractivity contribution >= 4 is 16.8 Å². The Hall–Kier alpha value is -0.0400. The molecule has 0 saturated heterocycles. The normalized spacial score (nSPS) is 40.9. The first-order valence-corrected chi connectivity index (χ1v) is 5.34. The van der Waals surface area contributed by atoms with Gasteiger partial charge in [0.25, 0.3) is 0 Å². The van der Waals surface area contributed by atoms with Crippen molar-refractivity contribution in [1.82, 2.24) is 0 Å². The van der Waals surface area contributed by atoms with E-state index in [0.717, 1.165) is 12.3 Å². The summed E-state index contributed by atoms with van der Waals surface area (Å²) in [7, 11) is 0. The molecular formula is C10H15ClO. The van der Waals surface area contributed by atoms with E-state index in [0.29, 0.717) is 5.92 Å². The van der Waals surface area contributed by atoms with Crippen molar-refractivity contribution in [2.75, 3.05) is 0 Å². The van der Waals surface area contributed by atoms with Gasteiger partial charge < -0.3 is 0 Å². The van der Waals surface area contributed by atoms with E-state index in [-0.39, 0.29) is 11.2 Å². The largest absolute Gasteiger partial charge is 0.281 e. The molecule has 0 heterocycles. The summed E-state index contributed by atoms with van der Waals surface area (Å²) in [4.78, 5) is 11.1. The van der Waals surface area contributed by atoms with Crippen LogP contribution in [0.2, 0.25) is 0 Å². The molecule has 0 aliphatic heterocycles. The fraction of sp³-hybridized carbons (Fsp3) is 0.900. The fourth-order valence-electron chi connectivity index (χ4n) is 2.91. The highest BCUT2D eigenvalue weighted by Crippen LogP contribution is 2.43. The van der Waals surface area contributed by atoms with Gasteiger partial charge in [0.05, 0.1) is 0 Å². The first-order chi connectivity index (χ1) is 5.77. The van der Waals surface area contributed by atoms with Crippen LogP contribution in [0, 0.1) is 17.8 Å². The summed E-state index contributed by atoms with van der Waals surface area (Å²) in [6.07, 6.45) is 7.50. The van der Waals surface area contributed by atoms with Crippen molar-refractivity contribution in [3.05, 3.63) is 0 Å². The van der Waals surface area contributed by atoms with Crippen LogP contribution in [0.4, 0.5) is 0 Å². The average molecular weight is 187 g/mol. The zero-order valence-electron chi connectivity index (χ0n) is 7.26. The van der Waals surface area contributed by atoms with Gasteiger partial charge in [0.15, 0.2) is 0 Å². The second kappa shape index (κ2) is 3.37. The van der Waals surface area contributed by atoms with Crippen molar-refractivity contribution in [2.45, 2.75) is 38.5 Å². The highest BCUT2D eigenvalue weighted by atomic mass is 35.5. The minimum atomic E-state index is -0.0830. The van der Waals surface area contributed by atoms with Gasteiger partial charge in [0, 0.05) is 5.92 Å². The van der Waals surface area contributed by atoms with Crippen LogP contribution < -0.4 is 0 Å². The van der Waals surface area contributed by atoms with Gasteiger partial charge in [-0.3, -0.25) is 4.79 Å². The van der Waals surface area contributed by atoms with Gasteiger partial charge in [0.1, 0.15) is 0 Å². The molecule has 2 heteroatoms. The van der Waals surface area contributed by atoms with E-state index in [1.165, 1.54) is 32.1 Å². The van der Waals surface area contributed by atoms with Gasteiger partial charge in [0.2, 0.25) is 5.24 Å². The van der Waals surface area contributed by atoms with Crippen LogP contribution in [0.5, 0.6) is 0 Å². The summed E-state index contributed by atoms with van der Waals surface area (Å²) >= 11 is 5.56. The van der Waals surface area contributed by atoms with Crippen molar-refractivity contribution in [3.8, 4) is 0 Å².